The first-order valence-corrected chi connectivity index (χ1v) is 6.78. The van der Waals surface area contributed by atoms with Gasteiger partial charge in [0.15, 0.2) is 0 Å². The van der Waals surface area contributed by atoms with Gasteiger partial charge in [0.1, 0.15) is 5.82 Å². The number of benzene rings is 1. The molecule has 0 aliphatic carbocycles. The first kappa shape index (κ1) is 15.9. The minimum atomic E-state index is -0.915. The van der Waals surface area contributed by atoms with E-state index in [2.05, 4.69) is 5.32 Å². The van der Waals surface area contributed by atoms with Crippen LogP contribution in [-0.2, 0) is 4.79 Å². The fourth-order valence-corrected chi connectivity index (χ4v) is 1.67. The highest BCUT2D eigenvalue weighted by atomic mass is 127. The number of amides is 1. The van der Waals surface area contributed by atoms with Crippen molar-refractivity contribution < 1.29 is 19.1 Å². The van der Waals surface area contributed by atoms with Crippen molar-refractivity contribution >= 4 is 34.5 Å². The Bertz CT molecular complexity index is 503. The first-order chi connectivity index (χ1) is 8.74. The van der Waals surface area contributed by atoms with E-state index in [1.165, 1.54) is 18.2 Å². The van der Waals surface area contributed by atoms with Crippen molar-refractivity contribution in [3.63, 3.8) is 0 Å². The van der Waals surface area contributed by atoms with Crippen LogP contribution in [0.2, 0.25) is 0 Å². The number of rotatable bonds is 5. The molecule has 1 amide bonds. The fourth-order valence-electron chi connectivity index (χ4n) is 1.33. The van der Waals surface area contributed by atoms with E-state index in [0.717, 1.165) is 0 Å². The molecule has 4 nitrogen and oxygen atoms in total. The van der Waals surface area contributed by atoms with Gasteiger partial charge in [-0.15, -0.1) is 0 Å². The van der Waals surface area contributed by atoms with Crippen LogP contribution in [0.5, 0.6) is 0 Å². The monoisotopic (exact) mass is 379 g/mol. The van der Waals surface area contributed by atoms with E-state index >= 15 is 0 Å². The molecule has 1 aromatic rings. The van der Waals surface area contributed by atoms with Crippen LogP contribution in [-0.4, -0.2) is 23.5 Å². The molecule has 0 unspecified atom stereocenters. The molecule has 0 atom stereocenters. The second-order valence-corrected chi connectivity index (χ2v) is 5.99. The average Bonchev–Trinajstić information content (AvgIpc) is 2.32. The van der Waals surface area contributed by atoms with Gasteiger partial charge >= 0.3 is 5.97 Å². The number of carboxylic acid groups (broad SMARTS) is 1. The van der Waals surface area contributed by atoms with Gasteiger partial charge in [-0.25, -0.2) is 4.39 Å². The zero-order valence-electron chi connectivity index (χ0n) is 10.7. The standard InChI is InChI=1S/C13H15FINO3/c1-13(2,12(18)19)5-6-16-11(17)8-3-4-10(15)9(14)7-8/h3-4,7H,5-6H2,1-2H3,(H,16,17)(H,18,19). The van der Waals surface area contributed by atoms with Crippen molar-refractivity contribution in [3.8, 4) is 0 Å². The van der Waals surface area contributed by atoms with Gasteiger partial charge in [-0.05, 0) is 61.1 Å². The Morgan fingerprint density at radius 2 is 2.05 bits per heavy atom. The van der Waals surface area contributed by atoms with E-state index < -0.39 is 23.1 Å². The average molecular weight is 379 g/mol. The summed E-state index contributed by atoms with van der Waals surface area (Å²) in [6.07, 6.45) is 0.306. The second kappa shape index (κ2) is 6.31. The van der Waals surface area contributed by atoms with Crippen molar-refractivity contribution in [1.82, 2.24) is 5.32 Å². The summed E-state index contributed by atoms with van der Waals surface area (Å²) in [4.78, 5) is 22.6. The maximum Gasteiger partial charge on any atom is 0.309 e. The number of halogens is 2. The van der Waals surface area contributed by atoms with Gasteiger partial charge in [-0.1, -0.05) is 0 Å². The number of nitrogens with one attached hydrogen (secondary N) is 1. The molecule has 0 saturated carbocycles. The quantitative estimate of drug-likeness (QED) is 0.774. The minimum Gasteiger partial charge on any atom is -0.481 e. The van der Waals surface area contributed by atoms with Gasteiger partial charge in [0.25, 0.3) is 5.91 Å². The molecule has 0 radical (unpaired) electrons. The third kappa shape index (κ3) is 4.45. The number of aliphatic carboxylic acids is 1. The predicted molar refractivity (Wildman–Crippen MR) is 77.5 cm³/mol. The normalized spacial score (nSPS) is 11.2. The van der Waals surface area contributed by atoms with Crippen molar-refractivity contribution in [2.24, 2.45) is 5.41 Å². The van der Waals surface area contributed by atoms with E-state index in [0.29, 0.717) is 9.99 Å². The van der Waals surface area contributed by atoms with E-state index in [1.54, 1.807) is 13.8 Å². The molecule has 1 rings (SSSR count). The van der Waals surface area contributed by atoms with Crippen LogP contribution < -0.4 is 5.32 Å². The maximum absolute atomic E-state index is 13.3. The lowest BCUT2D eigenvalue weighted by molar-refractivity contribution is -0.147. The number of carboxylic acids is 1. The molecule has 0 heterocycles. The summed E-state index contributed by atoms with van der Waals surface area (Å²) >= 11 is 1.84. The van der Waals surface area contributed by atoms with Crippen LogP contribution in [0.4, 0.5) is 4.39 Å². The van der Waals surface area contributed by atoms with Crippen molar-refractivity contribution in [3.05, 3.63) is 33.1 Å². The highest BCUT2D eigenvalue weighted by molar-refractivity contribution is 14.1. The van der Waals surface area contributed by atoms with E-state index in [9.17, 15) is 14.0 Å². The molecule has 0 aliphatic rings. The third-order valence-corrected chi connectivity index (χ3v) is 3.67. The highest BCUT2D eigenvalue weighted by Crippen LogP contribution is 2.19. The second-order valence-electron chi connectivity index (χ2n) is 4.82. The van der Waals surface area contributed by atoms with Crippen molar-refractivity contribution in [1.29, 1.82) is 0 Å². The maximum atomic E-state index is 13.3. The van der Waals surface area contributed by atoms with Crippen molar-refractivity contribution in [2.75, 3.05) is 6.54 Å². The first-order valence-electron chi connectivity index (χ1n) is 5.70. The molecule has 104 valence electrons. The molecule has 0 bridgehead atoms. The number of carbonyl (C=O) groups excluding carboxylic acids is 1. The highest BCUT2D eigenvalue weighted by Gasteiger charge is 2.26. The van der Waals surface area contributed by atoms with E-state index in [1.807, 2.05) is 22.6 Å². The molecule has 2 N–H and O–H groups in total. The molecular weight excluding hydrogens is 364 g/mol. The topological polar surface area (TPSA) is 66.4 Å². The molecule has 0 spiro atoms. The largest absolute Gasteiger partial charge is 0.481 e. The third-order valence-electron chi connectivity index (χ3n) is 2.80. The number of hydrogen-bond donors (Lipinski definition) is 2. The molecule has 0 aromatic heterocycles. The summed E-state index contributed by atoms with van der Waals surface area (Å²) in [7, 11) is 0. The minimum absolute atomic E-state index is 0.228. The molecule has 6 heteroatoms. The predicted octanol–water partition coefficient (Wildman–Crippen LogP) is 2.66. The Hall–Kier alpha value is -1.18. The van der Waals surface area contributed by atoms with Crippen LogP contribution in [0.15, 0.2) is 18.2 Å². The lowest BCUT2D eigenvalue weighted by Crippen LogP contribution is -2.32. The molecule has 0 fully saturated rings. The lowest BCUT2D eigenvalue weighted by Gasteiger charge is -2.18. The summed E-state index contributed by atoms with van der Waals surface area (Å²) in [6.45, 7) is 3.41. The van der Waals surface area contributed by atoms with Crippen LogP contribution in [0.3, 0.4) is 0 Å². The summed E-state index contributed by atoms with van der Waals surface area (Å²) in [5.41, 5.74) is -0.670. The van der Waals surface area contributed by atoms with E-state index in [4.69, 9.17) is 5.11 Å². The SMILES string of the molecule is CC(C)(CCNC(=O)c1ccc(I)c(F)c1)C(=O)O. The Labute approximate surface area is 124 Å². The zero-order valence-corrected chi connectivity index (χ0v) is 12.8. The van der Waals surface area contributed by atoms with Gasteiger partial charge in [0.2, 0.25) is 0 Å². The van der Waals surface area contributed by atoms with Crippen LogP contribution >= 0.6 is 22.6 Å². The summed E-state index contributed by atoms with van der Waals surface area (Å²) in [6, 6.07) is 4.22. The summed E-state index contributed by atoms with van der Waals surface area (Å²) in [5.74, 6) is -1.77. The van der Waals surface area contributed by atoms with Gasteiger partial charge in [-0.2, -0.15) is 0 Å². The number of carbonyl (C=O) groups is 2. The molecule has 0 saturated heterocycles. The fraction of sp³-hybridized carbons (Fsp3) is 0.385. The Morgan fingerprint density at radius 3 is 2.58 bits per heavy atom. The van der Waals surface area contributed by atoms with Crippen LogP contribution in [0, 0.1) is 14.8 Å². The van der Waals surface area contributed by atoms with Crippen LogP contribution in [0.1, 0.15) is 30.6 Å². The Balaban J connectivity index is 2.57. The van der Waals surface area contributed by atoms with E-state index in [-0.39, 0.29) is 12.1 Å². The van der Waals surface area contributed by atoms with Gasteiger partial charge < -0.3 is 10.4 Å². The summed E-state index contributed by atoms with van der Waals surface area (Å²) in [5, 5.41) is 11.5. The van der Waals surface area contributed by atoms with Gasteiger partial charge in [0.05, 0.1) is 5.41 Å². The Kier molecular flexibility index (Phi) is 5.28. The van der Waals surface area contributed by atoms with Gasteiger partial charge in [-0.3, -0.25) is 9.59 Å². The van der Waals surface area contributed by atoms with Crippen LogP contribution in [0.25, 0.3) is 0 Å². The summed E-state index contributed by atoms with van der Waals surface area (Å²) < 4.78 is 13.7. The van der Waals surface area contributed by atoms with Gasteiger partial charge in [0, 0.05) is 15.7 Å². The molecule has 0 aliphatic heterocycles. The lowest BCUT2D eigenvalue weighted by atomic mass is 9.90. The Morgan fingerprint density at radius 1 is 1.42 bits per heavy atom. The molecular formula is C13H15FINO3. The smallest absolute Gasteiger partial charge is 0.309 e. The molecule has 19 heavy (non-hydrogen) atoms. The zero-order chi connectivity index (χ0) is 14.6. The van der Waals surface area contributed by atoms with Crippen molar-refractivity contribution in [2.45, 2.75) is 20.3 Å². The number of hydrogen-bond acceptors (Lipinski definition) is 2. The molecule has 1 aromatic carbocycles.